The van der Waals surface area contributed by atoms with Gasteiger partial charge in [-0.25, -0.2) is 23.1 Å². The van der Waals surface area contributed by atoms with Crippen molar-refractivity contribution in [2.45, 2.75) is 19.5 Å². The maximum atomic E-state index is 14.0. The summed E-state index contributed by atoms with van der Waals surface area (Å²) in [6.45, 7) is 0.711. The van der Waals surface area contributed by atoms with Crippen LogP contribution in [0.3, 0.4) is 0 Å². The first-order valence-electron chi connectivity index (χ1n) is 12.0. The lowest BCUT2D eigenvalue weighted by Crippen LogP contribution is -2.43. The van der Waals surface area contributed by atoms with Crippen molar-refractivity contribution >= 4 is 17.7 Å². The highest BCUT2D eigenvalue weighted by molar-refractivity contribution is 5.89. The van der Waals surface area contributed by atoms with E-state index < -0.39 is 17.7 Å². The lowest BCUT2D eigenvalue weighted by Gasteiger charge is -2.29. The summed E-state index contributed by atoms with van der Waals surface area (Å²) >= 11 is 0. The molecule has 0 spiro atoms. The van der Waals surface area contributed by atoms with Gasteiger partial charge in [0.05, 0.1) is 36.3 Å². The zero-order valence-electron chi connectivity index (χ0n) is 20.6. The van der Waals surface area contributed by atoms with Crippen LogP contribution in [0.15, 0.2) is 77.6 Å². The molecule has 1 aliphatic rings. The normalized spacial score (nSPS) is 12.6. The molecule has 4 aromatic rings. The maximum Gasteiger partial charge on any atom is 0.322 e. The Morgan fingerprint density at radius 3 is 2.53 bits per heavy atom. The summed E-state index contributed by atoms with van der Waals surface area (Å²) < 4.78 is 34.0. The molecule has 3 aromatic carbocycles. The minimum Gasteiger partial charge on any atom is -0.497 e. The Morgan fingerprint density at radius 2 is 1.82 bits per heavy atom. The Morgan fingerprint density at radius 1 is 1.05 bits per heavy atom. The molecule has 0 aliphatic carbocycles. The summed E-state index contributed by atoms with van der Waals surface area (Å²) in [7, 11) is 1.61. The maximum absolute atomic E-state index is 14.0. The number of methoxy groups -OCH3 is 1. The van der Waals surface area contributed by atoms with E-state index in [2.05, 4.69) is 10.6 Å². The summed E-state index contributed by atoms with van der Waals surface area (Å²) in [5.74, 6) is -0.479. The minimum absolute atomic E-state index is 0.00140. The van der Waals surface area contributed by atoms with Crippen LogP contribution in [-0.4, -0.2) is 34.1 Å². The lowest BCUT2D eigenvalue weighted by molar-refractivity contribution is 0.205. The number of benzene rings is 3. The number of aromatic nitrogens is 2. The number of hydrogen-bond donors (Lipinski definition) is 2. The third-order valence-electron chi connectivity index (χ3n) is 6.31. The summed E-state index contributed by atoms with van der Waals surface area (Å²) in [5.41, 5.74) is 2.14. The van der Waals surface area contributed by atoms with Gasteiger partial charge in [0.15, 0.2) is 0 Å². The number of fused-ring (bicyclic) bond motifs is 1. The van der Waals surface area contributed by atoms with Gasteiger partial charge in [-0.05, 0) is 42.0 Å². The molecular weight excluding hydrogens is 492 g/mol. The molecule has 0 unspecified atom stereocenters. The van der Waals surface area contributed by atoms with Crippen LogP contribution in [0.4, 0.5) is 25.2 Å². The first kappa shape index (κ1) is 24.9. The van der Waals surface area contributed by atoms with Crippen molar-refractivity contribution < 1.29 is 18.3 Å². The van der Waals surface area contributed by atoms with E-state index in [9.17, 15) is 18.4 Å². The minimum atomic E-state index is -0.878. The quantitative estimate of drug-likeness (QED) is 0.386. The van der Waals surface area contributed by atoms with E-state index in [-0.39, 0.29) is 24.3 Å². The number of carbonyl (C=O) groups is 1. The molecule has 10 heteroatoms. The summed E-state index contributed by atoms with van der Waals surface area (Å²) in [4.78, 5) is 32.8. The van der Waals surface area contributed by atoms with Gasteiger partial charge < -0.3 is 20.3 Å². The lowest BCUT2D eigenvalue weighted by atomic mass is 10.1. The van der Waals surface area contributed by atoms with Gasteiger partial charge in [-0.1, -0.05) is 30.3 Å². The summed E-state index contributed by atoms with van der Waals surface area (Å²) in [5, 5.41) is 5.74. The number of nitrogens with one attached hydrogen (secondary N) is 2. The monoisotopic (exact) mass is 517 g/mol. The standard InChI is InChI=1S/C28H25F2N5O3/c1-38-21-10-7-18(8-11-21)16-31-27-32-24-13-14-34(28(37)33-25-12-9-19(29)15-23(25)30)17-22(24)26(36)35(27)20-5-3-2-4-6-20/h2-12,15H,13-14,16-17H2,1H3,(H,31,32)(H,33,37). The van der Waals surface area contributed by atoms with Gasteiger partial charge in [0.25, 0.3) is 5.56 Å². The number of anilines is 2. The van der Waals surface area contributed by atoms with Crippen molar-refractivity contribution in [3.05, 3.63) is 112 Å². The average molecular weight is 518 g/mol. The van der Waals surface area contributed by atoms with Crippen LogP contribution in [-0.2, 0) is 19.5 Å². The molecular formula is C28H25F2N5O3. The second-order valence-corrected chi connectivity index (χ2v) is 8.76. The van der Waals surface area contributed by atoms with Gasteiger partial charge >= 0.3 is 6.03 Å². The van der Waals surface area contributed by atoms with Crippen molar-refractivity contribution in [3.8, 4) is 11.4 Å². The van der Waals surface area contributed by atoms with Gasteiger partial charge in [0, 0.05) is 25.6 Å². The molecule has 0 fully saturated rings. The van der Waals surface area contributed by atoms with E-state index in [0.717, 1.165) is 23.4 Å². The number of rotatable bonds is 6. The van der Waals surface area contributed by atoms with Crippen molar-refractivity contribution in [1.29, 1.82) is 0 Å². The fraction of sp³-hybridized carbons (Fsp3) is 0.179. The number of carbonyl (C=O) groups excluding carboxylic acids is 1. The van der Waals surface area contributed by atoms with Crippen molar-refractivity contribution in [2.75, 3.05) is 24.3 Å². The molecule has 2 amide bonds. The highest BCUT2D eigenvalue weighted by Crippen LogP contribution is 2.22. The van der Waals surface area contributed by atoms with Crippen LogP contribution < -0.4 is 20.9 Å². The molecule has 2 heterocycles. The predicted octanol–water partition coefficient (Wildman–Crippen LogP) is 4.72. The Kier molecular flexibility index (Phi) is 7.03. The zero-order chi connectivity index (χ0) is 26.6. The topological polar surface area (TPSA) is 88.5 Å². The average Bonchev–Trinajstić information content (AvgIpc) is 2.94. The fourth-order valence-corrected chi connectivity index (χ4v) is 4.29. The van der Waals surface area contributed by atoms with Crippen LogP contribution in [0, 0.1) is 11.6 Å². The molecule has 38 heavy (non-hydrogen) atoms. The number of ether oxygens (including phenoxy) is 1. The molecule has 194 valence electrons. The molecule has 0 saturated heterocycles. The van der Waals surface area contributed by atoms with Crippen LogP contribution >= 0.6 is 0 Å². The molecule has 1 aromatic heterocycles. The molecule has 0 saturated carbocycles. The van der Waals surface area contributed by atoms with E-state index in [1.165, 1.54) is 9.47 Å². The highest BCUT2D eigenvalue weighted by Gasteiger charge is 2.27. The number of halogens is 2. The fourth-order valence-electron chi connectivity index (χ4n) is 4.29. The second-order valence-electron chi connectivity index (χ2n) is 8.76. The van der Waals surface area contributed by atoms with E-state index in [1.54, 1.807) is 19.2 Å². The van der Waals surface area contributed by atoms with E-state index in [4.69, 9.17) is 9.72 Å². The number of nitrogens with zero attached hydrogens (tertiary/aromatic N) is 3. The SMILES string of the molecule is COc1ccc(CNc2nc3c(c(=O)n2-c2ccccc2)CN(C(=O)Nc2ccc(F)cc2F)CC3)cc1. The van der Waals surface area contributed by atoms with Gasteiger partial charge in [0.1, 0.15) is 17.4 Å². The van der Waals surface area contributed by atoms with Crippen molar-refractivity contribution in [2.24, 2.45) is 0 Å². The largest absolute Gasteiger partial charge is 0.497 e. The Hall–Kier alpha value is -4.73. The van der Waals surface area contributed by atoms with Gasteiger partial charge in [-0.3, -0.25) is 4.79 Å². The Balaban J connectivity index is 1.43. The smallest absolute Gasteiger partial charge is 0.322 e. The molecule has 0 bridgehead atoms. The van der Waals surface area contributed by atoms with Gasteiger partial charge in [-0.2, -0.15) is 0 Å². The van der Waals surface area contributed by atoms with E-state index in [1.807, 2.05) is 42.5 Å². The molecule has 0 atom stereocenters. The molecule has 1 aliphatic heterocycles. The van der Waals surface area contributed by atoms with E-state index >= 15 is 0 Å². The Bertz CT molecular complexity index is 1520. The number of amides is 2. The van der Waals surface area contributed by atoms with Crippen molar-refractivity contribution in [3.63, 3.8) is 0 Å². The zero-order valence-corrected chi connectivity index (χ0v) is 20.6. The van der Waals surface area contributed by atoms with Crippen LogP contribution in [0.2, 0.25) is 0 Å². The molecule has 2 N–H and O–H groups in total. The summed E-state index contributed by atoms with van der Waals surface area (Å²) in [6.07, 6.45) is 0.344. The second kappa shape index (κ2) is 10.7. The first-order valence-corrected chi connectivity index (χ1v) is 12.0. The number of hydrogen-bond acceptors (Lipinski definition) is 5. The van der Waals surface area contributed by atoms with Gasteiger partial charge in [0.2, 0.25) is 5.95 Å². The van der Waals surface area contributed by atoms with Crippen LogP contribution in [0.5, 0.6) is 5.75 Å². The third-order valence-corrected chi connectivity index (χ3v) is 6.31. The number of urea groups is 1. The van der Waals surface area contributed by atoms with E-state index in [0.29, 0.717) is 41.9 Å². The highest BCUT2D eigenvalue weighted by atomic mass is 19.1. The van der Waals surface area contributed by atoms with Crippen molar-refractivity contribution in [1.82, 2.24) is 14.5 Å². The van der Waals surface area contributed by atoms with Gasteiger partial charge in [-0.15, -0.1) is 0 Å². The first-order chi connectivity index (χ1) is 18.4. The number of para-hydroxylation sites is 1. The summed E-state index contributed by atoms with van der Waals surface area (Å²) in [6, 6.07) is 19.0. The molecule has 0 radical (unpaired) electrons. The van der Waals surface area contributed by atoms with Crippen LogP contribution in [0.25, 0.3) is 5.69 Å². The Labute approximate surface area is 217 Å². The molecule has 5 rings (SSSR count). The molecule has 8 nitrogen and oxygen atoms in total. The third kappa shape index (κ3) is 5.19. The predicted molar refractivity (Wildman–Crippen MR) is 140 cm³/mol. The van der Waals surface area contributed by atoms with Crippen LogP contribution in [0.1, 0.15) is 16.8 Å².